The molecular formula is C23H25N3O3S. The zero-order valence-corrected chi connectivity index (χ0v) is 18.1. The average molecular weight is 424 g/mol. The van der Waals surface area contributed by atoms with Gasteiger partial charge in [-0.1, -0.05) is 30.3 Å². The Labute approximate surface area is 177 Å². The molecule has 1 N–H and O–H groups in total. The van der Waals surface area contributed by atoms with Gasteiger partial charge in [-0.25, -0.2) is 8.42 Å². The van der Waals surface area contributed by atoms with Crippen LogP contribution in [0.3, 0.4) is 0 Å². The van der Waals surface area contributed by atoms with E-state index in [0.29, 0.717) is 24.2 Å². The summed E-state index contributed by atoms with van der Waals surface area (Å²) in [7, 11) is -2.11. The molecule has 1 heterocycles. The van der Waals surface area contributed by atoms with Crippen molar-refractivity contribution >= 4 is 21.6 Å². The Morgan fingerprint density at radius 3 is 2.43 bits per heavy atom. The summed E-state index contributed by atoms with van der Waals surface area (Å²) in [6, 6.07) is 17.4. The van der Waals surface area contributed by atoms with Crippen LogP contribution in [0.4, 0.5) is 5.69 Å². The monoisotopic (exact) mass is 423 g/mol. The Morgan fingerprint density at radius 1 is 1.00 bits per heavy atom. The van der Waals surface area contributed by atoms with Crippen LogP contribution in [0, 0.1) is 13.8 Å². The number of rotatable bonds is 7. The van der Waals surface area contributed by atoms with Gasteiger partial charge in [-0.15, -0.1) is 0 Å². The third-order valence-corrected chi connectivity index (χ3v) is 6.28. The molecule has 0 radical (unpaired) electrons. The predicted octanol–water partition coefficient (Wildman–Crippen LogP) is 3.81. The number of aryl methyl sites for hydroxylation is 2. The first-order valence-electron chi connectivity index (χ1n) is 9.62. The maximum absolute atomic E-state index is 13.0. The normalized spacial score (nSPS) is 11.2. The van der Waals surface area contributed by atoms with Crippen LogP contribution in [0.25, 0.3) is 0 Å². The number of amides is 1. The van der Waals surface area contributed by atoms with E-state index in [1.807, 2.05) is 37.3 Å². The van der Waals surface area contributed by atoms with Crippen LogP contribution in [-0.2, 0) is 16.4 Å². The van der Waals surface area contributed by atoms with Crippen molar-refractivity contribution in [2.45, 2.75) is 25.2 Å². The Morgan fingerprint density at radius 2 is 1.73 bits per heavy atom. The molecule has 0 atom stereocenters. The molecule has 1 aromatic heterocycles. The van der Waals surface area contributed by atoms with Gasteiger partial charge in [-0.2, -0.15) is 0 Å². The first kappa shape index (κ1) is 21.5. The summed E-state index contributed by atoms with van der Waals surface area (Å²) in [6.45, 7) is 4.11. The number of carbonyl (C=O) groups is 1. The van der Waals surface area contributed by atoms with Gasteiger partial charge in [0.05, 0.1) is 10.6 Å². The summed E-state index contributed by atoms with van der Waals surface area (Å²) >= 11 is 0. The summed E-state index contributed by atoms with van der Waals surface area (Å²) in [5.74, 6) is -0.226. The topological polar surface area (TPSA) is 79.4 Å². The summed E-state index contributed by atoms with van der Waals surface area (Å²) < 4.78 is 28.4. The zero-order valence-electron chi connectivity index (χ0n) is 17.3. The number of para-hydroxylation sites is 1. The van der Waals surface area contributed by atoms with Gasteiger partial charge in [0.2, 0.25) is 0 Å². The molecule has 0 aliphatic heterocycles. The fourth-order valence-electron chi connectivity index (χ4n) is 3.03. The van der Waals surface area contributed by atoms with Crippen molar-refractivity contribution in [2.75, 3.05) is 18.3 Å². The molecule has 0 saturated carbocycles. The Bertz CT molecular complexity index is 1150. The molecule has 0 spiro atoms. The number of anilines is 1. The minimum atomic E-state index is -3.82. The van der Waals surface area contributed by atoms with Crippen LogP contribution in [0.1, 0.15) is 27.2 Å². The standard InChI is InChI=1S/C23H25N3O3S/c1-17-11-12-20(30(28,29)25-22-10-5-4-8-18(22)2)16-21(17)23(27)26(3)15-13-19-9-6-7-14-24-19/h4-12,14,16,25H,13,15H2,1-3H3. The molecule has 3 aromatic rings. The highest BCUT2D eigenvalue weighted by Crippen LogP contribution is 2.22. The summed E-state index contributed by atoms with van der Waals surface area (Å²) in [5.41, 5.74) is 3.32. The van der Waals surface area contributed by atoms with E-state index >= 15 is 0 Å². The van der Waals surface area contributed by atoms with E-state index < -0.39 is 10.0 Å². The fraction of sp³-hybridized carbons (Fsp3) is 0.217. The molecule has 156 valence electrons. The van der Waals surface area contributed by atoms with Gasteiger partial charge >= 0.3 is 0 Å². The lowest BCUT2D eigenvalue weighted by molar-refractivity contribution is 0.0795. The third-order valence-electron chi connectivity index (χ3n) is 4.92. The van der Waals surface area contributed by atoms with Crippen LogP contribution in [0.15, 0.2) is 71.8 Å². The van der Waals surface area contributed by atoms with Gasteiger partial charge in [0.25, 0.3) is 15.9 Å². The van der Waals surface area contributed by atoms with Gasteiger partial charge in [-0.05, 0) is 55.3 Å². The number of hydrogen-bond acceptors (Lipinski definition) is 4. The molecular weight excluding hydrogens is 398 g/mol. The second-order valence-corrected chi connectivity index (χ2v) is 8.88. The molecule has 30 heavy (non-hydrogen) atoms. The molecule has 7 heteroatoms. The highest BCUT2D eigenvalue weighted by Gasteiger charge is 2.20. The van der Waals surface area contributed by atoms with Crippen molar-refractivity contribution in [1.82, 2.24) is 9.88 Å². The number of carbonyl (C=O) groups excluding carboxylic acids is 1. The van der Waals surface area contributed by atoms with Crippen molar-refractivity contribution in [3.63, 3.8) is 0 Å². The van der Waals surface area contributed by atoms with Crippen LogP contribution >= 0.6 is 0 Å². The second kappa shape index (κ2) is 9.09. The number of benzene rings is 2. The van der Waals surface area contributed by atoms with Gasteiger partial charge in [-0.3, -0.25) is 14.5 Å². The van der Waals surface area contributed by atoms with Crippen molar-refractivity contribution in [1.29, 1.82) is 0 Å². The Balaban J connectivity index is 1.80. The summed E-state index contributed by atoms with van der Waals surface area (Å²) in [6.07, 6.45) is 2.34. The molecule has 0 saturated heterocycles. The summed E-state index contributed by atoms with van der Waals surface area (Å²) in [5, 5.41) is 0. The maximum Gasteiger partial charge on any atom is 0.261 e. The lowest BCUT2D eigenvalue weighted by Crippen LogP contribution is -2.30. The highest BCUT2D eigenvalue weighted by atomic mass is 32.2. The molecule has 0 aliphatic carbocycles. The van der Waals surface area contributed by atoms with E-state index in [9.17, 15) is 13.2 Å². The summed E-state index contributed by atoms with van der Waals surface area (Å²) in [4.78, 5) is 18.9. The first-order valence-corrected chi connectivity index (χ1v) is 11.1. The van der Waals surface area contributed by atoms with Crippen LogP contribution in [0.2, 0.25) is 0 Å². The number of aromatic nitrogens is 1. The molecule has 0 unspecified atom stereocenters. The van der Waals surface area contributed by atoms with Crippen molar-refractivity contribution in [3.05, 3.63) is 89.2 Å². The van der Waals surface area contributed by atoms with E-state index in [1.165, 1.54) is 12.1 Å². The molecule has 3 rings (SSSR count). The number of nitrogens with zero attached hydrogens (tertiary/aromatic N) is 2. The second-order valence-electron chi connectivity index (χ2n) is 7.19. The lowest BCUT2D eigenvalue weighted by Gasteiger charge is -2.19. The number of sulfonamides is 1. The van der Waals surface area contributed by atoms with E-state index in [0.717, 1.165) is 16.8 Å². The smallest absolute Gasteiger partial charge is 0.261 e. The minimum Gasteiger partial charge on any atom is -0.341 e. The Hall–Kier alpha value is -3.19. The number of hydrogen-bond donors (Lipinski definition) is 1. The van der Waals surface area contributed by atoms with Gasteiger partial charge in [0.15, 0.2) is 0 Å². The van der Waals surface area contributed by atoms with E-state index in [4.69, 9.17) is 0 Å². The predicted molar refractivity (Wildman–Crippen MR) is 118 cm³/mol. The first-order chi connectivity index (χ1) is 14.3. The van der Waals surface area contributed by atoms with E-state index in [-0.39, 0.29) is 10.8 Å². The quantitative estimate of drug-likeness (QED) is 0.627. The zero-order chi connectivity index (χ0) is 21.7. The fourth-order valence-corrected chi connectivity index (χ4v) is 4.18. The van der Waals surface area contributed by atoms with Crippen LogP contribution < -0.4 is 4.72 Å². The third kappa shape index (κ3) is 5.04. The SMILES string of the molecule is Cc1ccccc1NS(=O)(=O)c1ccc(C)c(C(=O)N(C)CCc2ccccn2)c1. The van der Waals surface area contributed by atoms with Crippen molar-refractivity contribution in [2.24, 2.45) is 0 Å². The van der Waals surface area contributed by atoms with E-state index in [1.54, 1.807) is 43.3 Å². The van der Waals surface area contributed by atoms with Gasteiger partial charge < -0.3 is 4.90 Å². The minimum absolute atomic E-state index is 0.0535. The molecule has 0 fully saturated rings. The lowest BCUT2D eigenvalue weighted by atomic mass is 10.1. The van der Waals surface area contributed by atoms with Crippen molar-refractivity contribution < 1.29 is 13.2 Å². The number of pyridine rings is 1. The molecule has 0 aliphatic rings. The van der Waals surface area contributed by atoms with Crippen LogP contribution in [0.5, 0.6) is 0 Å². The number of nitrogens with one attached hydrogen (secondary N) is 1. The number of likely N-dealkylation sites (N-methyl/N-ethyl adjacent to an activating group) is 1. The van der Waals surface area contributed by atoms with Gasteiger partial charge in [0.1, 0.15) is 0 Å². The largest absolute Gasteiger partial charge is 0.341 e. The van der Waals surface area contributed by atoms with Gasteiger partial charge in [0, 0.05) is 37.5 Å². The molecule has 0 bridgehead atoms. The molecule has 2 aromatic carbocycles. The Kier molecular flexibility index (Phi) is 6.52. The van der Waals surface area contributed by atoms with Crippen molar-refractivity contribution in [3.8, 4) is 0 Å². The van der Waals surface area contributed by atoms with E-state index in [2.05, 4.69) is 9.71 Å². The van der Waals surface area contributed by atoms with Crippen LogP contribution in [-0.4, -0.2) is 37.8 Å². The highest BCUT2D eigenvalue weighted by molar-refractivity contribution is 7.92. The molecule has 1 amide bonds. The molecule has 6 nitrogen and oxygen atoms in total. The maximum atomic E-state index is 13.0. The average Bonchev–Trinajstić information content (AvgIpc) is 2.74.